The van der Waals surface area contributed by atoms with E-state index in [0.29, 0.717) is 12.0 Å². The normalized spacial score (nSPS) is 12.1. The highest BCUT2D eigenvalue weighted by Gasteiger charge is 2.12. The Morgan fingerprint density at radius 1 is 0.968 bits per heavy atom. The van der Waals surface area contributed by atoms with Crippen LogP contribution in [-0.2, 0) is 9.53 Å². The molecule has 0 aliphatic carbocycles. The lowest BCUT2D eigenvalue weighted by Crippen LogP contribution is -2.34. The third kappa shape index (κ3) is 13.6. The predicted molar refractivity (Wildman–Crippen MR) is 126 cm³/mol. The van der Waals surface area contributed by atoms with E-state index in [9.17, 15) is 14.7 Å². The minimum atomic E-state index is -0.121. The van der Waals surface area contributed by atoms with Gasteiger partial charge in [-0.1, -0.05) is 64.0 Å². The summed E-state index contributed by atoms with van der Waals surface area (Å²) in [5.74, 6) is -0.0374. The van der Waals surface area contributed by atoms with Gasteiger partial charge in [-0.15, -0.1) is 0 Å². The summed E-state index contributed by atoms with van der Waals surface area (Å²) in [5, 5.41) is 12.6. The summed E-state index contributed by atoms with van der Waals surface area (Å²) in [5.41, 5.74) is 0.576. The fraction of sp³-hybridized carbons (Fsp3) is 0.615. The van der Waals surface area contributed by atoms with Crippen molar-refractivity contribution in [3.05, 3.63) is 42.0 Å². The van der Waals surface area contributed by atoms with Gasteiger partial charge in [0.15, 0.2) is 0 Å². The van der Waals surface area contributed by atoms with Gasteiger partial charge in [-0.05, 0) is 56.4 Å². The zero-order chi connectivity index (χ0) is 22.7. The van der Waals surface area contributed by atoms with E-state index in [1.54, 1.807) is 24.3 Å². The van der Waals surface area contributed by atoms with Crippen molar-refractivity contribution in [3.8, 4) is 5.75 Å². The molecule has 0 bridgehead atoms. The van der Waals surface area contributed by atoms with Crippen LogP contribution in [0.5, 0.6) is 5.75 Å². The summed E-state index contributed by atoms with van der Waals surface area (Å²) in [6, 6.07) is 6.52. The van der Waals surface area contributed by atoms with E-state index in [1.807, 2.05) is 0 Å². The second-order valence-corrected chi connectivity index (χ2v) is 8.16. The maximum absolute atomic E-state index is 12.5. The number of rotatable bonds is 17. The van der Waals surface area contributed by atoms with Crippen LogP contribution in [0.15, 0.2) is 36.4 Å². The Morgan fingerprint density at radius 2 is 1.65 bits per heavy atom. The largest absolute Gasteiger partial charge is 0.508 e. The van der Waals surface area contributed by atoms with Gasteiger partial charge >= 0.3 is 5.97 Å². The van der Waals surface area contributed by atoms with E-state index in [-0.39, 0.29) is 23.7 Å². The molecule has 0 aliphatic rings. The zero-order valence-electron chi connectivity index (χ0n) is 19.4. The number of unbranched alkanes of at least 4 members (excludes halogenated alkanes) is 8. The van der Waals surface area contributed by atoms with Crippen molar-refractivity contribution in [1.29, 1.82) is 0 Å². The van der Waals surface area contributed by atoms with Crippen molar-refractivity contribution in [1.82, 2.24) is 5.32 Å². The Kier molecular flexibility index (Phi) is 15.0. The lowest BCUT2D eigenvalue weighted by Gasteiger charge is -2.17. The number of amides is 1. The maximum atomic E-state index is 12.5. The summed E-state index contributed by atoms with van der Waals surface area (Å²) in [6.07, 6.45) is 18.0. The van der Waals surface area contributed by atoms with Crippen molar-refractivity contribution in [2.45, 2.75) is 96.4 Å². The Hall–Kier alpha value is -2.30. The molecule has 1 unspecified atom stereocenters. The van der Waals surface area contributed by atoms with Crippen molar-refractivity contribution in [3.63, 3.8) is 0 Å². The number of esters is 1. The molecule has 1 amide bonds. The highest BCUT2D eigenvalue weighted by atomic mass is 16.5. The van der Waals surface area contributed by atoms with E-state index in [4.69, 9.17) is 0 Å². The molecule has 0 aromatic heterocycles. The van der Waals surface area contributed by atoms with Gasteiger partial charge < -0.3 is 15.2 Å². The number of carbonyl (C=O) groups is 2. The van der Waals surface area contributed by atoms with Crippen LogP contribution < -0.4 is 5.32 Å². The van der Waals surface area contributed by atoms with Crippen LogP contribution in [0.1, 0.15) is 101 Å². The van der Waals surface area contributed by atoms with Crippen molar-refractivity contribution >= 4 is 11.9 Å². The van der Waals surface area contributed by atoms with Gasteiger partial charge in [-0.25, -0.2) is 0 Å². The fourth-order valence-electron chi connectivity index (χ4n) is 3.49. The summed E-state index contributed by atoms with van der Waals surface area (Å²) >= 11 is 0. The number of carbonyl (C=O) groups excluding carboxylic acids is 2. The van der Waals surface area contributed by atoms with Crippen LogP contribution in [-0.4, -0.2) is 30.1 Å². The second-order valence-electron chi connectivity index (χ2n) is 8.16. The van der Waals surface area contributed by atoms with Crippen molar-refractivity contribution in [2.24, 2.45) is 0 Å². The topological polar surface area (TPSA) is 75.6 Å². The third-order valence-corrected chi connectivity index (χ3v) is 5.44. The number of phenols is 1. The van der Waals surface area contributed by atoms with Crippen LogP contribution in [0.25, 0.3) is 0 Å². The Morgan fingerprint density at radius 3 is 2.35 bits per heavy atom. The number of hydrogen-bond acceptors (Lipinski definition) is 4. The fourth-order valence-corrected chi connectivity index (χ4v) is 3.49. The van der Waals surface area contributed by atoms with Crippen molar-refractivity contribution in [2.75, 3.05) is 7.11 Å². The molecule has 2 N–H and O–H groups in total. The third-order valence-electron chi connectivity index (χ3n) is 5.44. The average molecular weight is 432 g/mol. The van der Waals surface area contributed by atoms with E-state index < -0.39 is 0 Å². The summed E-state index contributed by atoms with van der Waals surface area (Å²) < 4.78 is 4.65. The Balaban J connectivity index is 2.32. The first-order valence-electron chi connectivity index (χ1n) is 11.9. The van der Waals surface area contributed by atoms with Crippen LogP contribution in [0.2, 0.25) is 0 Å². The van der Waals surface area contributed by atoms with Gasteiger partial charge in [0.2, 0.25) is 0 Å². The first-order valence-corrected chi connectivity index (χ1v) is 11.9. The van der Waals surface area contributed by atoms with Crippen LogP contribution in [0.3, 0.4) is 0 Å². The van der Waals surface area contributed by atoms with Crippen LogP contribution >= 0.6 is 0 Å². The summed E-state index contributed by atoms with van der Waals surface area (Å²) in [4.78, 5) is 23.6. The zero-order valence-corrected chi connectivity index (χ0v) is 19.4. The Bertz CT molecular complexity index is 639. The molecule has 31 heavy (non-hydrogen) atoms. The van der Waals surface area contributed by atoms with E-state index in [0.717, 1.165) is 51.4 Å². The van der Waals surface area contributed by atoms with Gasteiger partial charge in [-0.2, -0.15) is 0 Å². The predicted octanol–water partition coefficient (Wildman–Crippen LogP) is 6.31. The quantitative estimate of drug-likeness (QED) is 0.172. The monoisotopic (exact) mass is 431 g/mol. The average Bonchev–Trinajstić information content (AvgIpc) is 2.77. The number of allylic oxidation sites excluding steroid dienone is 1. The summed E-state index contributed by atoms with van der Waals surface area (Å²) in [6.45, 7) is 2.20. The molecule has 1 rings (SSSR count). The molecule has 174 valence electrons. The molecule has 0 saturated heterocycles. The molecule has 0 aliphatic heterocycles. The Labute approximate surface area is 188 Å². The molecule has 0 fully saturated rings. The van der Waals surface area contributed by atoms with E-state index in [2.05, 4.69) is 29.1 Å². The van der Waals surface area contributed by atoms with Gasteiger partial charge in [0.05, 0.1) is 7.11 Å². The lowest BCUT2D eigenvalue weighted by molar-refractivity contribution is -0.140. The molecule has 1 aromatic rings. The SMILES string of the molecule is CCCCCCC(C/C=C\CCCCCCCC(=O)OC)NC(=O)c1ccc(O)cc1. The second kappa shape index (κ2) is 17.4. The number of nitrogens with one attached hydrogen (secondary N) is 1. The standard InChI is InChI=1S/C26H41NO4/c1-3-4-5-12-15-23(27-26(30)22-18-20-24(28)21-19-22)16-13-10-8-6-7-9-11-14-17-25(29)31-2/h10,13,18-21,23,28H,3-9,11-12,14-17H2,1-2H3,(H,27,30)/b13-10-. The van der Waals surface area contributed by atoms with E-state index >= 15 is 0 Å². The number of ether oxygens (including phenoxy) is 1. The summed E-state index contributed by atoms with van der Waals surface area (Å²) in [7, 11) is 1.43. The molecule has 1 aromatic carbocycles. The highest BCUT2D eigenvalue weighted by Crippen LogP contribution is 2.13. The number of phenolic OH excluding ortho intramolecular Hbond substituents is 1. The molecular weight excluding hydrogens is 390 g/mol. The maximum Gasteiger partial charge on any atom is 0.305 e. The number of benzene rings is 1. The number of methoxy groups -OCH3 is 1. The molecular formula is C26H41NO4. The minimum absolute atomic E-state index is 0.0825. The first-order chi connectivity index (χ1) is 15.1. The van der Waals surface area contributed by atoms with Crippen LogP contribution in [0, 0.1) is 0 Å². The lowest BCUT2D eigenvalue weighted by atomic mass is 10.0. The molecule has 0 radical (unpaired) electrons. The molecule has 0 saturated carbocycles. The number of hydrogen-bond donors (Lipinski definition) is 2. The number of aromatic hydroxyl groups is 1. The van der Waals surface area contributed by atoms with Gasteiger partial charge in [0.25, 0.3) is 5.91 Å². The molecule has 5 nitrogen and oxygen atoms in total. The van der Waals surface area contributed by atoms with Crippen molar-refractivity contribution < 1.29 is 19.4 Å². The van der Waals surface area contributed by atoms with Crippen LogP contribution in [0.4, 0.5) is 0 Å². The minimum Gasteiger partial charge on any atom is -0.508 e. The molecule has 0 spiro atoms. The molecule has 5 heteroatoms. The van der Waals surface area contributed by atoms with E-state index in [1.165, 1.54) is 32.8 Å². The van der Waals surface area contributed by atoms with Gasteiger partial charge in [0.1, 0.15) is 5.75 Å². The molecule has 0 heterocycles. The van der Waals surface area contributed by atoms with Gasteiger partial charge in [0, 0.05) is 18.0 Å². The highest BCUT2D eigenvalue weighted by molar-refractivity contribution is 5.94. The smallest absolute Gasteiger partial charge is 0.305 e. The first kappa shape index (κ1) is 26.7. The molecule has 1 atom stereocenters. The van der Waals surface area contributed by atoms with Gasteiger partial charge in [-0.3, -0.25) is 9.59 Å².